The lowest BCUT2D eigenvalue weighted by Crippen LogP contribution is -2.49. The van der Waals surface area contributed by atoms with E-state index in [1.54, 1.807) is 37.5 Å². The number of amides is 1. The number of pyridine rings is 1. The lowest BCUT2D eigenvalue weighted by Gasteiger charge is -2.39. The maximum Gasteiger partial charge on any atom is 0.573 e. The van der Waals surface area contributed by atoms with E-state index in [9.17, 15) is 23.1 Å². The van der Waals surface area contributed by atoms with Crippen molar-refractivity contribution in [2.75, 3.05) is 26.2 Å². The molecule has 0 saturated carbocycles. The van der Waals surface area contributed by atoms with Crippen LogP contribution in [0.4, 0.5) is 13.2 Å². The summed E-state index contributed by atoms with van der Waals surface area (Å²) in [6.07, 6.45) is 2.10. The van der Waals surface area contributed by atoms with Gasteiger partial charge < -0.3 is 14.7 Å². The number of aliphatic hydroxyl groups excluding tert-OH is 1. The van der Waals surface area contributed by atoms with Crippen LogP contribution in [0.15, 0.2) is 48.8 Å². The molecule has 2 saturated heterocycles. The predicted octanol–water partition coefficient (Wildman–Crippen LogP) is 4.20. The van der Waals surface area contributed by atoms with Crippen LogP contribution < -0.4 is 4.74 Å². The number of halogens is 3. The van der Waals surface area contributed by atoms with Crippen LogP contribution in [-0.4, -0.2) is 80.3 Å². The van der Waals surface area contributed by atoms with Crippen LogP contribution in [0.3, 0.4) is 0 Å². The van der Waals surface area contributed by atoms with Gasteiger partial charge in [-0.2, -0.15) is 5.10 Å². The molecule has 0 spiro atoms. The van der Waals surface area contributed by atoms with E-state index in [0.29, 0.717) is 47.3 Å². The Kier molecular flexibility index (Phi) is 7.40. The number of carbonyl (C=O) groups excluding carboxylic acids is 1. The second-order valence-corrected chi connectivity index (χ2v) is 9.74. The molecule has 202 valence electrons. The molecule has 0 aliphatic carbocycles. The minimum Gasteiger partial charge on any atom is -0.406 e. The number of nitrogens with zero attached hydrogens (tertiary/aromatic N) is 5. The number of alkyl halides is 3. The Morgan fingerprint density at radius 1 is 1.11 bits per heavy atom. The molecule has 38 heavy (non-hydrogen) atoms. The highest BCUT2D eigenvalue weighted by Crippen LogP contribution is 2.32. The topological polar surface area (TPSA) is 83.7 Å². The summed E-state index contributed by atoms with van der Waals surface area (Å²) in [5.74, 6) is -0.532. The number of piperidine rings is 1. The number of carbonyl (C=O) groups is 1. The lowest BCUT2D eigenvalue weighted by atomic mass is 10.00. The van der Waals surface area contributed by atoms with Gasteiger partial charge in [0.25, 0.3) is 5.91 Å². The van der Waals surface area contributed by atoms with Gasteiger partial charge in [-0.05, 0) is 63.4 Å². The van der Waals surface area contributed by atoms with E-state index in [1.807, 2.05) is 4.90 Å². The molecule has 1 aromatic carbocycles. The van der Waals surface area contributed by atoms with Crippen molar-refractivity contribution in [3.05, 3.63) is 60.0 Å². The van der Waals surface area contributed by atoms with E-state index in [4.69, 9.17) is 0 Å². The first kappa shape index (κ1) is 26.2. The Bertz CT molecular complexity index is 1270. The maximum atomic E-state index is 13.9. The van der Waals surface area contributed by atoms with Gasteiger partial charge >= 0.3 is 6.36 Å². The fourth-order valence-electron chi connectivity index (χ4n) is 5.63. The molecule has 2 fully saturated rings. The van der Waals surface area contributed by atoms with E-state index in [0.717, 1.165) is 32.2 Å². The molecular formula is C27H30F3N5O3. The van der Waals surface area contributed by atoms with Crippen LogP contribution in [0.1, 0.15) is 41.7 Å². The van der Waals surface area contributed by atoms with Gasteiger partial charge in [0.05, 0.1) is 23.6 Å². The predicted molar refractivity (Wildman–Crippen MR) is 134 cm³/mol. The monoisotopic (exact) mass is 529 g/mol. The standard InChI is InChI=1S/C27H30F3N5O3/c1-18-24(26(37)33-14-9-20(10-15-33)34-13-3-5-22(34)17-36)25(19-7-11-31-12-8-19)32-35(18)21-4-2-6-23(16-21)38-27(28,29)30/h2,4,6-8,11-12,16,20,22,36H,3,5,9-10,13-15,17H2,1H3. The van der Waals surface area contributed by atoms with Gasteiger partial charge in [-0.1, -0.05) is 6.07 Å². The Balaban J connectivity index is 1.44. The van der Waals surface area contributed by atoms with Crippen LogP contribution in [0.25, 0.3) is 16.9 Å². The first-order chi connectivity index (χ1) is 18.2. The van der Waals surface area contributed by atoms with E-state index in [2.05, 4.69) is 19.7 Å². The van der Waals surface area contributed by atoms with Crippen molar-refractivity contribution < 1.29 is 27.8 Å². The molecule has 1 N–H and O–H groups in total. The van der Waals surface area contributed by atoms with Crippen molar-refractivity contribution in [3.8, 4) is 22.7 Å². The van der Waals surface area contributed by atoms with Gasteiger partial charge in [-0.3, -0.25) is 14.7 Å². The summed E-state index contributed by atoms with van der Waals surface area (Å²) in [6, 6.07) is 9.56. The van der Waals surface area contributed by atoms with Gasteiger partial charge in [0.15, 0.2) is 0 Å². The molecule has 1 amide bonds. The van der Waals surface area contributed by atoms with Crippen molar-refractivity contribution >= 4 is 5.91 Å². The van der Waals surface area contributed by atoms with Gasteiger partial charge in [0.1, 0.15) is 11.4 Å². The second kappa shape index (κ2) is 10.7. The molecule has 0 bridgehead atoms. The molecule has 1 atom stereocenters. The van der Waals surface area contributed by atoms with E-state index >= 15 is 0 Å². The van der Waals surface area contributed by atoms with E-state index in [1.165, 1.54) is 22.9 Å². The summed E-state index contributed by atoms with van der Waals surface area (Å²) in [5, 5.41) is 14.4. The minimum absolute atomic E-state index is 0.155. The third-order valence-corrected chi connectivity index (χ3v) is 7.43. The number of hydrogen-bond donors (Lipinski definition) is 1. The molecule has 5 rings (SSSR count). The SMILES string of the molecule is Cc1c(C(=O)N2CCC(N3CCCC3CO)CC2)c(-c2ccncc2)nn1-c1cccc(OC(F)(F)F)c1. The maximum absolute atomic E-state index is 13.9. The molecule has 1 unspecified atom stereocenters. The summed E-state index contributed by atoms with van der Waals surface area (Å²) < 4.78 is 44.0. The number of benzene rings is 1. The number of aromatic nitrogens is 3. The van der Waals surface area contributed by atoms with Gasteiger partial charge in [-0.15, -0.1) is 13.2 Å². The van der Waals surface area contributed by atoms with E-state index < -0.39 is 6.36 Å². The fraction of sp³-hybridized carbons (Fsp3) is 0.444. The number of ether oxygens (including phenoxy) is 1. The molecule has 3 aromatic rings. The lowest BCUT2D eigenvalue weighted by molar-refractivity contribution is -0.274. The Labute approximate surface area is 218 Å². The molecule has 2 aromatic heterocycles. The average Bonchev–Trinajstić information content (AvgIpc) is 3.52. The summed E-state index contributed by atoms with van der Waals surface area (Å²) in [7, 11) is 0. The van der Waals surface area contributed by atoms with Gasteiger partial charge in [0.2, 0.25) is 0 Å². The molecule has 8 nitrogen and oxygen atoms in total. The van der Waals surface area contributed by atoms with Crippen molar-refractivity contribution in [2.24, 2.45) is 0 Å². The Hall–Kier alpha value is -3.44. The summed E-state index contributed by atoms with van der Waals surface area (Å²) in [6.45, 7) is 4.02. The quantitative estimate of drug-likeness (QED) is 0.515. The third-order valence-electron chi connectivity index (χ3n) is 7.43. The summed E-state index contributed by atoms with van der Waals surface area (Å²) in [5.41, 5.74) is 2.41. The Morgan fingerprint density at radius 2 is 1.84 bits per heavy atom. The molecule has 11 heteroatoms. The normalized spacial score (nSPS) is 19.2. The average molecular weight is 530 g/mol. The molecule has 2 aliphatic heterocycles. The van der Waals surface area contributed by atoms with Crippen LogP contribution in [-0.2, 0) is 0 Å². The zero-order valence-corrected chi connectivity index (χ0v) is 21.1. The number of aliphatic hydroxyl groups is 1. The van der Waals surface area contributed by atoms with Crippen LogP contribution in [0.2, 0.25) is 0 Å². The summed E-state index contributed by atoms with van der Waals surface area (Å²) >= 11 is 0. The second-order valence-electron chi connectivity index (χ2n) is 9.74. The highest BCUT2D eigenvalue weighted by atomic mass is 19.4. The Morgan fingerprint density at radius 3 is 2.53 bits per heavy atom. The minimum atomic E-state index is -4.82. The van der Waals surface area contributed by atoms with Crippen LogP contribution >= 0.6 is 0 Å². The zero-order chi connectivity index (χ0) is 26.9. The molecular weight excluding hydrogens is 499 g/mol. The number of rotatable bonds is 6. The first-order valence-corrected chi connectivity index (χ1v) is 12.8. The van der Waals surface area contributed by atoms with Crippen LogP contribution in [0, 0.1) is 6.92 Å². The first-order valence-electron chi connectivity index (χ1n) is 12.8. The van der Waals surface area contributed by atoms with Crippen molar-refractivity contribution in [1.29, 1.82) is 0 Å². The fourth-order valence-corrected chi connectivity index (χ4v) is 5.63. The zero-order valence-electron chi connectivity index (χ0n) is 21.1. The van der Waals surface area contributed by atoms with Gasteiger partial charge in [-0.25, -0.2) is 4.68 Å². The number of hydrogen-bond acceptors (Lipinski definition) is 6. The van der Waals surface area contributed by atoms with Gasteiger partial charge in [0, 0.05) is 49.2 Å². The largest absolute Gasteiger partial charge is 0.573 e. The van der Waals surface area contributed by atoms with Crippen molar-refractivity contribution in [3.63, 3.8) is 0 Å². The smallest absolute Gasteiger partial charge is 0.406 e. The molecule has 0 radical (unpaired) electrons. The van der Waals surface area contributed by atoms with Crippen LogP contribution in [0.5, 0.6) is 5.75 Å². The third kappa shape index (κ3) is 5.39. The van der Waals surface area contributed by atoms with Crippen molar-refractivity contribution in [1.82, 2.24) is 24.6 Å². The highest BCUT2D eigenvalue weighted by molar-refractivity contribution is 6.01. The van der Waals surface area contributed by atoms with Crippen molar-refractivity contribution in [2.45, 2.75) is 51.1 Å². The van der Waals surface area contributed by atoms with E-state index in [-0.39, 0.29) is 24.3 Å². The molecule has 2 aliphatic rings. The summed E-state index contributed by atoms with van der Waals surface area (Å²) in [4.78, 5) is 22.1. The number of likely N-dealkylation sites (tertiary alicyclic amines) is 2. The molecule has 4 heterocycles. The highest BCUT2D eigenvalue weighted by Gasteiger charge is 2.35.